The van der Waals surface area contributed by atoms with Gasteiger partial charge in [-0.3, -0.25) is 0 Å². The van der Waals surface area contributed by atoms with Crippen LogP contribution in [0.25, 0.3) is 0 Å². The second kappa shape index (κ2) is 3.06. The van der Waals surface area contributed by atoms with Crippen molar-refractivity contribution in [2.24, 2.45) is 0 Å². The highest BCUT2D eigenvalue weighted by Gasteiger charge is 2.19. The van der Waals surface area contributed by atoms with Crippen molar-refractivity contribution in [3.8, 4) is 0 Å². The molecule has 1 unspecified atom stereocenters. The molecule has 0 radical (unpaired) electrons. The molecule has 0 aliphatic rings. The molecular weight excluding hydrogens is 170 g/mol. The predicted molar refractivity (Wildman–Crippen MR) is 44.0 cm³/mol. The van der Waals surface area contributed by atoms with Crippen molar-refractivity contribution in [2.75, 3.05) is 0 Å². The number of nitrogens with zero attached hydrogens (tertiary/aromatic N) is 1. The molecule has 4 nitrogen and oxygen atoms in total. The molecule has 2 aromatic heterocycles. The van der Waals surface area contributed by atoms with Gasteiger partial charge < -0.3 is 13.9 Å². The molecule has 1 atom stereocenters. The van der Waals surface area contributed by atoms with Crippen LogP contribution in [0.1, 0.15) is 23.3 Å². The summed E-state index contributed by atoms with van der Waals surface area (Å²) in [5.74, 6) is 0.884. The van der Waals surface area contributed by atoms with E-state index in [0.29, 0.717) is 17.2 Å². The zero-order valence-corrected chi connectivity index (χ0v) is 7.10. The lowest BCUT2D eigenvalue weighted by Crippen LogP contribution is -1.98. The number of furan rings is 1. The second-order valence-corrected chi connectivity index (χ2v) is 2.72. The van der Waals surface area contributed by atoms with Crippen molar-refractivity contribution in [2.45, 2.75) is 13.0 Å². The molecule has 68 valence electrons. The fourth-order valence-electron chi connectivity index (χ4n) is 1.15. The van der Waals surface area contributed by atoms with Gasteiger partial charge in [0.15, 0.2) is 18.3 Å². The lowest BCUT2D eigenvalue weighted by atomic mass is 10.2. The van der Waals surface area contributed by atoms with Crippen LogP contribution in [0, 0.1) is 6.92 Å². The van der Waals surface area contributed by atoms with Crippen LogP contribution in [-0.2, 0) is 0 Å². The third kappa shape index (κ3) is 1.36. The van der Waals surface area contributed by atoms with Crippen molar-refractivity contribution in [1.82, 2.24) is 4.98 Å². The molecule has 2 aromatic rings. The van der Waals surface area contributed by atoms with Crippen LogP contribution in [0.3, 0.4) is 0 Å². The van der Waals surface area contributed by atoms with Crippen molar-refractivity contribution < 1.29 is 13.9 Å². The van der Waals surface area contributed by atoms with E-state index in [1.807, 2.05) is 0 Å². The number of hydrogen-bond acceptors (Lipinski definition) is 4. The summed E-state index contributed by atoms with van der Waals surface area (Å²) >= 11 is 0. The minimum Gasteiger partial charge on any atom is -0.466 e. The van der Waals surface area contributed by atoms with Gasteiger partial charge in [-0.05, 0) is 19.1 Å². The molecule has 0 aliphatic heterocycles. The third-order valence-corrected chi connectivity index (χ3v) is 1.84. The maximum absolute atomic E-state index is 9.72. The van der Waals surface area contributed by atoms with Crippen LogP contribution >= 0.6 is 0 Å². The molecule has 0 saturated carbocycles. The van der Waals surface area contributed by atoms with Crippen molar-refractivity contribution in [1.29, 1.82) is 0 Å². The largest absolute Gasteiger partial charge is 0.466 e. The molecule has 4 heteroatoms. The van der Waals surface area contributed by atoms with Crippen molar-refractivity contribution in [3.63, 3.8) is 0 Å². The number of aliphatic hydroxyl groups is 1. The van der Waals surface area contributed by atoms with Gasteiger partial charge in [-0.15, -0.1) is 0 Å². The Morgan fingerprint density at radius 2 is 2.31 bits per heavy atom. The van der Waals surface area contributed by atoms with Gasteiger partial charge in [0, 0.05) is 0 Å². The van der Waals surface area contributed by atoms with Crippen molar-refractivity contribution in [3.05, 3.63) is 42.0 Å². The molecule has 0 saturated heterocycles. The van der Waals surface area contributed by atoms with E-state index in [4.69, 9.17) is 8.83 Å². The van der Waals surface area contributed by atoms with E-state index in [1.165, 1.54) is 12.7 Å². The smallest absolute Gasteiger partial charge is 0.181 e. The molecule has 13 heavy (non-hydrogen) atoms. The highest BCUT2D eigenvalue weighted by Crippen LogP contribution is 2.23. The van der Waals surface area contributed by atoms with Gasteiger partial charge in [-0.2, -0.15) is 0 Å². The first-order valence-electron chi connectivity index (χ1n) is 3.90. The van der Waals surface area contributed by atoms with Crippen LogP contribution in [0.4, 0.5) is 0 Å². The summed E-state index contributed by atoms with van der Waals surface area (Å²) in [7, 11) is 0. The summed E-state index contributed by atoms with van der Waals surface area (Å²) in [5, 5.41) is 9.72. The SMILES string of the molecule is Cc1ncoc1C(O)c1ccco1. The summed E-state index contributed by atoms with van der Waals surface area (Å²) in [6.45, 7) is 1.77. The Labute approximate surface area is 74.8 Å². The summed E-state index contributed by atoms with van der Waals surface area (Å²) in [6, 6.07) is 3.40. The van der Waals surface area contributed by atoms with Crippen LogP contribution in [-0.4, -0.2) is 10.1 Å². The Morgan fingerprint density at radius 1 is 1.46 bits per heavy atom. The Balaban J connectivity index is 2.33. The van der Waals surface area contributed by atoms with E-state index in [0.717, 1.165) is 0 Å². The molecule has 0 bridgehead atoms. The Hall–Kier alpha value is -1.55. The molecule has 0 spiro atoms. The van der Waals surface area contributed by atoms with Crippen LogP contribution < -0.4 is 0 Å². The Bertz CT molecular complexity index is 377. The standard InChI is InChI=1S/C9H9NO3/c1-6-9(13-5-10-6)8(11)7-3-2-4-12-7/h2-5,8,11H,1H3. The van der Waals surface area contributed by atoms with Gasteiger partial charge in [0.05, 0.1) is 12.0 Å². The second-order valence-electron chi connectivity index (χ2n) is 2.72. The van der Waals surface area contributed by atoms with Gasteiger partial charge in [0.2, 0.25) is 0 Å². The van der Waals surface area contributed by atoms with E-state index < -0.39 is 6.10 Å². The first-order valence-corrected chi connectivity index (χ1v) is 3.90. The molecule has 1 N–H and O–H groups in total. The molecule has 0 amide bonds. The summed E-state index contributed by atoms with van der Waals surface area (Å²) < 4.78 is 10.1. The molecule has 0 aliphatic carbocycles. The Kier molecular flexibility index (Phi) is 1.90. The third-order valence-electron chi connectivity index (χ3n) is 1.84. The van der Waals surface area contributed by atoms with Crippen LogP contribution in [0.15, 0.2) is 33.6 Å². The normalized spacial score (nSPS) is 13.1. The van der Waals surface area contributed by atoms with E-state index in [2.05, 4.69) is 4.98 Å². The quantitative estimate of drug-likeness (QED) is 0.761. The topological polar surface area (TPSA) is 59.4 Å². The molecule has 0 aromatic carbocycles. The highest BCUT2D eigenvalue weighted by molar-refractivity contribution is 5.17. The van der Waals surface area contributed by atoms with E-state index in [-0.39, 0.29) is 0 Å². The highest BCUT2D eigenvalue weighted by atomic mass is 16.4. The molecule has 2 heterocycles. The Morgan fingerprint density at radius 3 is 2.85 bits per heavy atom. The fourth-order valence-corrected chi connectivity index (χ4v) is 1.15. The van der Waals surface area contributed by atoms with Gasteiger partial charge >= 0.3 is 0 Å². The zero-order chi connectivity index (χ0) is 9.26. The average Bonchev–Trinajstić information content (AvgIpc) is 2.72. The zero-order valence-electron chi connectivity index (χ0n) is 7.10. The lowest BCUT2D eigenvalue weighted by molar-refractivity contribution is 0.161. The predicted octanol–water partition coefficient (Wildman–Crippen LogP) is 1.66. The lowest BCUT2D eigenvalue weighted by Gasteiger charge is -2.03. The molecule has 2 rings (SSSR count). The van der Waals surface area contributed by atoms with E-state index >= 15 is 0 Å². The number of rotatable bonds is 2. The first-order chi connectivity index (χ1) is 6.29. The molecule has 0 fully saturated rings. The summed E-state index contributed by atoms with van der Waals surface area (Å²) in [6.07, 6.45) is 1.94. The van der Waals surface area contributed by atoms with Crippen LogP contribution in [0.2, 0.25) is 0 Å². The van der Waals surface area contributed by atoms with Gasteiger partial charge in [-0.1, -0.05) is 0 Å². The monoisotopic (exact) mass is 179 g/mol. The van der Waals surface area contributed by atoms with E-state index in [9.17, 15) is 5.11 Å². The molecular formula is C9H9NO3. The maximum atomic E-state index is 9.72. The number of aliphatic hydroxyl groups excluding tert-OH is 1. The first kappa shape index (κ1) is 8.07. The number of aromatic nitrogens is 1. The van der Waals surface area contributed by atoms with Gasteiger partial charge in [0.1, 0.15) is 5.76 Å². The van der Waals surface area contributed by atoms with Gasteiger partial charge in [-0.25, -0.2) is 4.98 Å². The van der Waals surface area contributed by atoms with E-state index in [1.54, 1.807) is 19.1 Å². The van der Waals surface area contributed by atoms with Gasteiger partial charge in [0.25, 0.3) is 0 Å². The summed E-state index contributed by atoms with van der Waals surface area (Å²) in [5.41, 5.74) is 0.670. The fraction of sp³-hybridized carbons (Fsp3) is 0.222. The number of aryl methyl sites for hydroxylation is 1. The summed E-state index contributed by atoms with van der Waals surface area (Å²) in [4.78, 5) is 3.88. The minimum atomic E-state index is -0.863. The van der Waals surface area contributed by atoms with Crippen LogP contribution in [0.5, 0.6) is 0 Å². The minimum absolute atomic E-state index is 0.426. The van der Waals surface area contributed by atoms with Crippen molar-refractivity contribution >= 4 is 0 Å². The number of hydrogen-bond donors (Lipinski definition) is 1. The average molecular weight is 179 g/mol. The maximum Gasteiger partial charge on any atom is 0.181 e. The number of oxazole rings is 1.